The molecule has 1 aliphatic rings. The Hall–Kier alpha value is -1.72. The lowest BCUT2D eigenvalue weighted by Crippen LogP contribution is -2.38. The van der Waals surface area contributed by atoms with Gasteiger partial charge in [0.1, 0.15) is 0 Å². The summed E-state index contributed by atoms with van der Waals surface area (Å²) >= 11 is 0. The summed E-state index contributed by atoms with van der Waals surface area (Å²) in [5.74, 6) is -0.709. The largest absolute Gasteiger partial charge is 0.389 e. The van der Waals surface area contributed by atoms with E-state index in [9.17, 15) is 14.7 Å². The van der Waals surface area contributed by atoms with Crippen molar-refractivity contribution in [1.82, 2.24) is 4.90 Å². The molecule has 0 aromatic heterocycles. The van der Waals surface area contributed by atoms with Crippen LogP contribution in [0.25, 0.3) is 0 Å². The highest BCUT2D eigenvalue weighted by Crippen LogP contribution is 2.23. The Labute approximate surface area is 105 Å². The van der Waals surface area contributed by atoms with Gasteiger partial charge in [-0.3, -0.25) is 14.5 Å². The molecule has 5 nitrogen and oxygen atoms in total. The van der Waals surface area contributed by atoms with Crippen molar-refractivity contribution < 1.29 is 19.4 Å². The number of imide groups is 1. The molecular formula is C13H15NO4. The van der Waals surface area contributed by atoms with Crippen LogP contribution in [0.5, 0.6) is 0 Å². The number of aliphatic hydroxyl groups excluding tert-OH is 1. The van der Waals surface area contributed by atoms with E-state index < -0.39 is 6.10 Å². The molecule has 2 amide bonds. The van der Waals surface area contributed by atoms with E-state index in [0.29, 0.717) is 11.1 Å². The number of hydrogen-bond acceptors (Lipinski definition) is 4. The minimum atomic E-state index is -0.863. The van der Waals surface area contributed by atoms with Gasteiger partial charge in [0, 0.05) is 7.11 Å². The number of aryl methyl sites for hydroxylation is 1. The summed E-state index contributed by atoms with van der Waals surface area (Å²) in [6.07, 6.45) is -0.863. The third-order valence-corrected chi connectivity index (χ3v) is 2.88. The molecule has 0 aliphatic carbocycles. The molecule has 0 bridgehead atoms. The Bertz CT molecular complexity index is 498. The van der Waals surface area contributed by atoms with Gasteiger partial charge in [-0.15, -0.1) is 0 Å². The topological polar surface area (TPSA) is 66.8 Å². The highest BCUT2D eigenvalue weighted by Gasteiger charge is 2.36. The fourth-order valence-electron chi connectivity index (χ4n) is 2.03. The van der Waals surface area contributed by atoms with Crippen LogP contribution in [0, 0.1) is 6.92 Å². The Morgan fingerprint density at radius 2 is 1.94 bits per heavy atom. The fourth-order valence-corrected chi connectivity index (χ4v) is 2.03. The third kappa shape index (κ3) is 2.14. The van der Waals surface area contributed by atoms with Crippen molar-refractivity contribution in [2.75, 3.05) is 20.3 Å². The van der Waals surface area contributed by atoms with E-state index in [1.807, 2.05) is 6.92 Å². The van der Waals surface area contributed by atoms with Crippen LogP contribution in [0.3, 0.4) is 0 Å². The zero-order valence-corrected chi connectivity index (χ0v) is 10.3. The number of fused-ring (bicyclic) bond motifs is 1. The number of β-amino-alcohol motifs (C(OH)–C–C–N with tert-alkyl or cyclic N) is 1. The first-order chi connectivity index (χ1) is 8.54. The number of ether oxygens (including phenoxy) is 1. The van der Waals surface area contributed by atoms with E-state index in [4.69, 9.17) is 4.74 Å². The molecule has 0 saturated heterocycles. The normalized spacial score (nSPS) is 16.1. The van der Waals surface area contributed by atoms with Crippen LogP contribution < -0.4 is 0 Å². The van der Waals surface area contributed by atoms with Gasteiger partial charge in [0.25, 0.3) is 11.8 Å². The molecule has 2 rings (SSSR count). The molecule has 5 heteroatoms. The summed E-state index contributed by atoms with van der Waals surface area (Å²) in [6, 6.07) is 5.13. The van der Waals surface area contributed by atoms with Crippen molar-refractivity contribution in [3.8, 4) is 0 Å². The Kier molecular flexibility index (Phi) is 3.45. The molecule has 1 aliphatic heterocycles. The molecular weight excluding hydrogens is 234 g/mol. The first-order valence-electron chi connectivity index (χ1n) is 5.68. The Morgan fingerprint density at radius 3 is 2.61 bits per heavy atom. The van der Waals surface area contributed by atoms with Gasteiger partial charge in [-0.05, 0) is 19.1 Å². The average Bonchev–Trinajstić information content (AvgIpc) is 2.55. The maximum atomic E-state index is 12.1. The number of rotatable bonds is 4. The van der Waals surface area contributed by atoms with Crippen molar-refractivity contribution >= 4 is 11.8 Å². The van der Waals surface area contributed by atoms with Gasteiger partial charge < -0.3 is 9.84 Å². The van der Waals surface area contributed by atoms with Crippen molar-refractivity contribution in [1.29, 1.82) is 0 Å². The molecule has 0 fully saturated rings. The van der Waals surface area contributed by atoms with Crippen LogP contribution in [-0.4, -0.2) is 48.2 Å². The fraction of sp³-hybridized carbons (Fsp3) is 0.385. The number of carbonyl (C=O) groups is 2. The van der Waals surface area contributed by atoms with Crippen LogP contribution in [0.1, 0.15) is 26.3 Å². The standard InChI is InChI=1S/C13H15NO4/c1-8-3-4-10-11(5-8)13(17)14(12(10)16)6-9(15)7-18-2/h3-5,9,15H,6-7H2,1-2H3. The van der Waals surface area contributed by atoms with E-state index >= 15 is 0 Å². The predicted molar refractivity (Wildman–Crippen MR) is 64.4 cm³/mol. The number of aliphatic hydroxyl groups is 1. The molecule has 1 aromatic carbocycles. The maximum Gasteiger partial charge on any atom is 0.261 e. The number of benzene rings is 1. The predicted octanol–water partition coefficient (Wildman–Crippen LogP) is 0.598. The zero-order valence-electron chi connectivity index (χ0n) is 10.3. The summed E-state index contributed by atoms with van der Waals surface area (Å²) in [6.45, 7) is 1.91. The number of nitrogens with zero attached hydrogens (tertiary/aromatic N) is 1. The number of amides is 2. The quantitative estimate of drug-likeness (QED) is 0.793. The Morgan fingerprint density at radius 1 is 1.28 bits per heavy atom. The molecule has 1 unspecified atom stereocenters. The van der Waals surface area contributed by atoms with Crippen LogP contribution in [-0.2, 0) is 4.74 Å². The van der Waals surface area contributed by atoms with Crippen LogP contribution in [0.15, 0.2) is 18.2 Å². The lowest BCUT2D eigenvalue weighted by atomic mass is 10.1. The monoisotopic (exact) mass is 249 g/mol. The summed E-state index contributed by atoms with van der Waals surface area (Å²) in [4.78, 5) is 25.1. The van der Waals surface area contributed by atoms with Crippen molar-refractivity contribution in [3.05, 3.63) is 34.9 Å². The molecule has 1 aromatic rings. The summed E-state index contributed by atoms with van der Waals surface area (Å²) < 4.78 is 4.78. The summed E-state index contributed by atoms with van der Waals surface area (Å²) in [7, 11) is 1.45. The molecule has 1 heterocycles. The van der Waals surface area contributed by atoms with E-state index in [-0.39, 0.29) is 25.0 Å². The van der Waals surface area contributed by atoms with Gasteiger partial charge in [0.2, 0.25) is 0 Å². The maximum absolute atomic E-state index is 12.1. The molecule has 96 valence electrons. The molecule has 1 N–H and O–H groups in total. The van der Waals surface area contributed by atoms with E-state index in [0.717, 1.165) is 10.5 Å². The molecule has 18 heavy (non-hydrogen) atoms. The minimum absolute atomic E-state index is 0.0424. The van der Waals surface area contributed by atoms with Crippen LogP contribution in [0.4, 0.5) is 0 Å². The smallest absolute Gasteiger partial charge is 0.261 e. The SMILES string of the molecule is COCC(O)CN1C(=O)c2ccc(C)cc2C1=O. The van der Waals surface area contributed by atoms with Crippen molar-refractivity contribution in [2.24, 2.45) is 0 Å². The molecule has 0 saturated carbocycles. The van der Waals surface area contributed by atoms with Gasteiger partial charge in [0.05, 0.1) is 30.4 Å². The summed E-state index contributed by atoms with van der Waals surface area (Å²) in [5, 5.41) is 9.61. The first-order valence-corrected chi connectivity index (χ1v) is 5.68. The van der Waals surface area contributed by atoms with Gasteiger partial charge in [-0.1, -0.05) is 11.6 Å². The summed E-state index contributed by atoms with van der Waals surface area (Å²) in [5.41, 5.74) is 1.73. The molecule has 0 spiro atoms. The number of hydrogen-bond donors (Lipinski definition) is 1. The first kappa shape index (κ1) is 12.7. The third-order valence-electron chi connectivity index (χ3n) is 2.88. The van der Waals surface area contributed by atoms with E-state index in [1.54, 1.807) is 18.2 Å². The second-order valence-electron chi connectivity index (χ2n) is 4.38. The number of carbonyl (C=O) groups excluding carboxylic acids is 2. The van der Waals surface area contributed by atoms with Gasteiger partial charge >= 0.3 is 0 Å². The molecule has 1 atom stereocenters. The lowest BCUT2D eigenvalue weighted by Gasteiger charge is -2.17. The van der Waals surface area contributed by atoms with Crippen LogP contribution in [0.2, 0.25) is 0 Å². The minimum Gasteiger partial charge on any atom is -0.389 e. The number of methoxy groups -OCH3 is 1. The van der Waals surface area contributed by atoms with Crippen molar-refractivity contribution in [2.45, 2.75) is 13.0 Å². The molecule has 0 radical (unpaired) electrons. The second kappa shape index (κ2) is 4.88. The average molecular weight is 249 g/mol. The van der Waals surface area contributed by atoms with Gasteiger partial charge in [-0.2, -0.15) is 0 Å². The van der Waals surface area contributed by atoms with Crippen molar-refractivity contribution in [3.63, 3.8) is 0 Å². The van der Waals surface area contributed by atoms with Crippen LogP contribution >= 0.6 is 0 Å². The van der Waals surface area contributed by atoms with E-state index in [1.165, 1.54) is 7.11 Å². The van der Waals surface area contributed by atoms with Gasteiger partial charge in [0.15, 0.2) is 0 Å². The zero-order chi connectivity index (χ0) is 13.3. The highest BCUT2D eigenvalue weighted by atomic mass is 16.5. The Balaban J connectivity index is 2.23. The van der Waals surface area contributed by atoms with Gasteiger partial charge in [-0.25, -0.2) is 0 Å². The highest BCUT2D eigenvalue weighted by molar-refractivity contribution is 6.21. The van der Waals surface area contributed by atoms with E-state index in [2.05, 4.69) is 0 Å². The second-order valence-corrected chi connectivity index (χ2v) is 4.38. The lowest BCUT2D eigenvalue weighted by molar-refractivity contribution is 0.0323.